The summed E-state index contributed by atoms with van der Waals surface area (Å²) in [5.41, 5.74) is -17.9. The highest BCUT2D eigenvalue weighted by atomic mass is 16.3. The molecule has 3 heteroatoms. The van der Waals surface area contributed by atoms with Gasteiger partial charge in [0.25, 0.3) is 0 Å². The summed E-state index contributed by atoms with van der Waals surface area (Å²) in [6, 6.07) is 0.0191. The SMILES string of the molecule is [2H]C1=C2C(=C3[C@@]([2H])(c4ccc(N(C([2H])([2H])[2H])C([2H])([2H])[2H])cc4)C([2H])([2H])[C@@]4(C([2H])([2H])[2H])[C@@]([2H])(C([2H])([2H])C([2H])([2H])[C@@]4(O)C#CC([2H])([2H])[2H])[C@]3([2H])C([2H])([2H])C2([2H])[2H])C([2H])([2H])C([2H])([2H])C1=O. The van der Waals surface area contributed by atoms with E-state index in [0.29, 0.717) is 24.3 Å². The molecule has 0 unspecified atom stereocenters. The van der Waals surface area contributed by atoms with Crippen molar-refractivity contribution >= 4 is 11.5 Å². The number of fused-ring (bicyclic) bond motifs is 4. The number of hydrogen-bond acceptors (Lipinski definition) is 3. The molecule has 4 aliphatic carbocycles. The van der Waals surface area contributed by atoms with E-state index < -0.39 is 141 Å². The van der Waals surface area contributed by atoms with Crippen LogP contribution in [0.5, 0.6) is 0 Å². The zero-order chi connectivity index (χ0) is 48.9. The minimum absolute atomic E-state index is 0.157. The number of allylic oxidation sites excluding steroid dienone is 4. The van der Waals surface area contributed by atoms with Crippen molar-refractivity contribution in [3.05, 3.63) is 52.6 Å². The van der Waals surface area contributed by atoms with Gasteiger partial charge in [-0.05, 0) is 91.8 Å². The Kier molecular flexibility index (Phi) is 1.44. The molecule has 2 saturated carbocycles. The van der Waals surface area contributed by atoms with Gasteiger partial charge in [0.2, 0.25) is 0 Å². The molecule has 0 saturated heterocycles. The minimum atomic E-state index is -5.08. The lowest BCUT2D eigenvalue weighted by molar-refractivity contribution is -0.114. The molecule has 0 bridgehead atoms. The first-order valence-corrected chi connectivity index (χ1v) is 9.17. The number of nitrogens with zero attached hydrogens (tertiary/aromatic N) is 1. The third-order valence-corrected chi connectivity index (χ3v) is 5.36. The topological polar surface area (TPSA) is 40.5 Å². The molecule has 1 aromatic rings. The normalized spacial score (nSPS) is 69.5. The van der Waals surface area contributed by atoms with E-state index in [-0.39, 0.29) is 4.90 Å². The van der Waals surface area contributed by atoms with Gasteiger partial charge >= 0.3 is 0 Å². The van der Waals surface area contributed by atoms with E-state index in [0.717, 1.165) is 0 Å². The van der Waals surface area contributed by atoms with Crippen molar-refractivity contribution in [2.24, 2.45) is 17.2 Å². The Balaban J connectivity index is 2.29. The zero-order valence-electron chi connectivity index (χ0n) is 46.1. The number of hydrogen-bond donors (Lipinski definition) is 1. The highest BCUT2D eigenvalue weighted by Gasteiger charge is 2.62. The van der Waals surface area contributed by atoms with Gasteiger partial charge in [-0.15, -0.1) is 5.92 Å². The molecule has 0 heterocycles. The van der Waals surface area contributed by atoms with Crippen molar-refractivity contribution in [2.75, 3.05) is 18.9 Å². The van der Waals surface area contributed by atoms with E-state index in [1.807, 2.05) is 0 Å². The summed E-state index contributed by atoms with van der Waals surface area (Å²) >= 11 is 0. The van der Waals surface area contributed by atoms with Gasteiger partial charge in [-0.25, -0.2) is 0 Å². The number of rotatable bonds is 2. The predicted molar refractivity (Wildman–Crippen MR) is 129 cm³/mol. The summed E-state index contributed by atoms with van der Waals surface area (Å²) in [5.74, 6) is -14.0. The Labute approximate surface area is 234 Å². The molecule has 3 nitrogen and oxygen atoms in total. The fraction of sp³-hybridized carbons (Fsp3) is 0.552. The van der Waals surface area contributed by atoms with E-state index in [4.69, 9.17) is 28.8 Å². The van der Waals surface area contributed by atoms with Crippen LogP contribution < -0.4 is 4.90 Å². The highest BCUT2D eigenvalue weighted by molar-refractivity contribution is 5.93. The molecule has 1 aromatic carbocycles. The van der Waals surface area contributed by atoms with E-state index in [9.17, 15) is 22.2 Å². The number of ketones is 1. The Hall–Kier alpha value is -2.31. The second-order valence-corrected chi connectivity index (χ2v) is 7.17. The standard InChI is InChI=1S/C29H35NO2/c1-5-15-29(32)16-14-26-24-12-8-20-17-22(31)11-13-23(20)27(24)25(18-28(26,29)2)19-6-9-21(10-7-19)30(3)4/h6-7,9-10,17,24-26,32H,8,11-14,16,18H2,1-4H3/t24-,25+,26-,28-,29-/m0/s1/i1D3,2D3,3D3,4D3,8D2,11D2,12D2,13D2,14D2,16D2,17D,18D2,24D,25D,26D. The number of aliphatic hydroxyl groups is 1. The summed E-state index contributed by atoms with van der Waals surface area (Å²) in [5, 5.41) is 12.7. The molecule has 32 heavy (non-hydrogen) atoms. The van der Waals surface area contributed by atoms with E-state index in [2.05, 4.69) is 0 Å². The van der Waals surface area contributed by atoms with E-state index in [1.54, 1.807) is 0 Å². The van der Waals surface area contributed by atoms with Gasteiger partial charge in [-0.1, -0.05) is 30.5 Å². The average Bonchev–Trinajstić information content (AvgIpc) is 3.14. The molecular weight excluding hydrogens is 394 g/mol. The molecule has 5 atom stereocenters. The van der Waals surface area contributed by atoms with Gasteiger partial charge in [0, 0.05) is 77.1 Å². The van der Waals surface area contributed by atoms with Crippen LogP contribution in [0, 0.1) is 29.0 Å². The van der Waals surface area contributed by atoms with Crippen LogP contribution in [-0.4, -0.2) is 30.4 Å². The van der Waals surface area contributed by atoms with Crippen LogP contribution in [0.4, 0.5) is 5.69 Å². The number of carbonyl (C=O) groups excluding carboxylic acids is 1. The van der Waals surface area contributed by atoms with Crippen molar-refractivity contribution in [3.8, 4) is 11.8 Å². The third-order valence-electron chi connectivity index (χ3n) is 5.36. The van der Waals surface area contributed by atoms with Gasteiger partial charge < -0.3 is 10.0 Å². The molecule has 2 fully saturated rings. The molecule has 0 aromatic heterocycles. The lowest BCUT2D eigenvalue weighted by Crippen LogP contribution is -2.51. The van der Waals surface area contributed by atoms with Crippen LogP contribution in [-0.2, 0) is 4.79 Å². The maximum atomic E-state index is 13.4. The lowest BCUT2D eigenvalue weighted by atomic mass is 9.51. The maximum absolute atomic E-state index is 13.4. The van der Waals surface area contributed by atoms with Crippen molar-refractivity contribution in [1.29, 1.82) is 0 Å². The maximum Gasteiger partial charge on any atom is 0.156 e. The fourth-order valence-electron chi connectivity index (χ4n) is 3.80. The Morgan fingerprint density at radius 3 is 2.84 bits per heavy atom. The van der Waals surface area contributed by atoms with Crippen LogP contribution >= 0.6 is 0 Å². The number of carbonyl (C=O) groups is 1. The van der Waals surface area contributed by atoms with Gasteiger partial charge in [-0.3, -0.25) is 4.79 Å². The highest BCUT2D eigenvalue weighted by Crippen LogP contribution is 2.66. The second kappa shape index (κ2) is 7.63. The largest absolute Gasteiger partial charge is 0.378 e. The predicted octanol–water partition coefficient (Wildman–Crippen LogP) is 5.41. The first-order valence-electron chi connectivity index (χ1n) is 24.2. The van der Waals surface area contributed by atoms with Crippen LogP contribution in [0.3, 0.4) is 0 Å². The molecule has 0 radical (unpaired) electrons. The molecule has 1 N–H and O–H groups in total. The summed E-state index contributed by atoms with van der Waals surface area (Å²) < 4.78 is 263. The van der Waals surface area contributed by atoms with Crippen molar-refractivity contribution < 1.29 is 51.0 Å². The molecule has 4 aliphatic rings. The van der Waals surface area contributed by atoms with Gasteiger partial charge in [0.15, 0.2) is 5.78 Å². The molecule has 0 spiro atoms. The molecule has 5 rings (SSSR count). The van der Waals surface area contributed by atoms with Crippen molar-refractivity contribution in [1.82, 2.24) is 0 Å². The van der Waals surface area contributed by atoms with Crippen LogP contribution in [0.1, 0.15) is 111 Å². The smallest absolute Gasteiger partial charge is 0.156 e. The number of benzene rings is 1. The van der Waals surface area contributed by atoms with Crippen molar-refractivity contribution in [3.63, 3.8) is 0 Å². The summed E-state index contributed by atoms with van der Waals surface area (Å²) in [4.78, 5) is 13.2. The zero-order valence-corrected chi connectivity index (χ0v) is 16.1. The van der Waals surface area contributed by atoms with Crippen LogP contribution in [0.15, 0.2) is 47.0 Å². The second-order valence-electron chi connectivity index (χ2n) is 7.17. The van der Waals surface area contributed by atoms with Crippen LogP contribution in [0.25, 0.3) is 0 Å². The van der Waals surface area contributed by atoms with Gasteiger partial charge in [0.05, 0.1) is 1.37 Å². The van der Waals surface area contributed by atoms with E-state index in [1.165, 1.54) is 11.8 Å². The molecular formula is C29H35NO2. The molecule has 0 aliphatic heterocycles. The van der Waals surface area contributed by atoms with E-state index >= 15 is 0 Å². The average molecular weight is 460 g/mol. The number of anilines is 1. The summed E-state index contributed by atoms with van der Waals surface area (Å²) in [6.07, 6.45) is -32.0. The lowest BCUT2D eigenvalue weighted by Gasteiger charge is -2.53. The Bertz CT molecular complexity index is 2240. The first-order chi connectivity index (χ1) is 27.0. The summed E-state index contributed by atoms with van der Waals surface area (Å²) in [7, 11) is 0. The molecule has 0 amide bonds. The Morgan fingerprint density at radius 1 is 1.25 bits per heavy atom. The van der Waals surface area contributed by atoms with Crippen LogP contribution in [0.2, 0.25) is 0 Å². The molecule has 168 valence electrons. The van der Waals surface area contributed by atoms with Gasteiger partial charge in [0.1, 0.15) is 5.60 Å². The van der Waals surface area contributed by atoms with Gasteiger partial charge in [-0.2, -0.15) is 0 Å². The fourth-order valence-corrected chi connectivity index (χ4v) is 3.80. The first kappa shape index (κ1) is 6.02. The minimum Gasteiger partial charge on any atom is -0.378 e. The monoisotopic (exact) mass is 459 g/mol. The third kappa shape index (κ3) is 3.11. The van der Waals surface area contributed by atoms with Crippen molar-refractivity contribution in [2.45, 2.75) is 69.8 Å². The Morgan fingerprint density at radius 2 is 2.09 bits per heavy atom. The quantitative estimate of drug-likeness (QED) is 0.602. The summed E-state index contributed by atoms with van der Waals surface area (Å²) in [6.45, 7) is -15.5.